The van der Waals surface area contributed by atoms with Crippen LogP contribution < -0.4 is 5.56 Å². The first kappa shape index (κ1) is 22.0. The summed E-state index contributed by atoms with van der Waals surface area (Å²) in [5.41, 5.74) is 5.34. The van der Waals surface area contributed by atoms with Crippen LogP contribution in [0.4, 0.5) is 0 Å². The Balaban J connectivity index is 1.33. The Morgan fingerprint density at radius 2 is 1.72 bits per heavy atom. The maximum Gasteiger partial charge on any atom is 0.266 e. The molecule has 2 heterocycles. The molecule has 0 bridgehead atoms. The molecule has 0 unspecified atom stereocenters. The third kappa shape index (κ3) is 5.34. The molecular formula is C27H31N3O2. The molecule has 0 spiro atoms. The number of rotatable bonds is 6. The summed E-state index contributed by atoms with van der Waals surface area (Å²) in [5, 5.41) is 4.52. The van der Waals surface area contributed by atoms with Crippen molar-refractivity contribution in [3.8, 4) is 11.3 Å². The predicted molar refractivity (Wildman–Crippen MR) is 127 cm³/mol. The van der Waals surface area contributed by atoms with E-state index >= 15 is 0 Å². The second-order valence-corrected chi connectivity index (χ2v) is 8.84. The Kier molecular flexibility index (Phi) is 6.84. The van der Waals surface area contributed by atoms with E-state index in [9.17, 15) is 9.59 Å². The van der Waals surface area contributed by atoms with Crippen LogP contribution in [0.5, 0.6) is 0 Å². The number of carbonyl (C=O) groups excluding carboxylic acids is 1. The van der Waals surface area contributed by atoms with Crippen molar-refractivity contribution < 1.29 is 4.79 Å². The summed E-state index contributed by atoms with van der Waals surface area (Å²) < 4.78 is 1.42. The van der Waals surface area contributed by atoms with E-state index in [-0.39, 0.29) is 11.5 Å². The van der Waals surface area contributed by atoms with Crippen LogP contribution in [0.1, 0.15) is 36.0 Å². The molecular weight excluding hydrogens is 398 g/mol. The smallest absolute Gasteiger partial charge is 0.266 e. The molecule has 1 aliphatic heterocycles. The van der Waals surface area contributed by atoms with Crippen LogP contribution in [0, 0.1) is 19.8 Å². The summed E-state index contributed by atoms with van der Waals surface area (Å²) in [5.74, 6) is 0.730. The normalized spacial score (nSPS) is 14.5. The predicted octanol–water partition coefficient (Wildman–Crippen LogP) is 4.40. The molecule has 1 amide bonds. The van der Waals surface area contributed by atoms with Gasteiger partial charge in [0.2, 0.25) is 5.91 Å². The molecule has 1 aromatic heterocycles. The van der Waals surface area contributed by atoms with Gasteiger partial charge in [0.15, 0.2) is 0 Å². The quantitative estimate of drug-likeness (QED) is 0.584. The van der Waals surface area contributed by atoms with Crippen LogP contribution in [-0.4, -0.2) is 33.7 Å². The highest BCUT2D eigenvalue weighted by Gasteiger charge is 2.23. The van der Waals surface area contributed by atoms with Crippen molar-refractivity contribution in [2.24, 2.45) is 5.92 Å². The van der Waals surface area contributed by atoms with Crippen LogP contribution in [-0.2, 0) is 17.8 Å². The van der Waals surface area contributed by atoms with E-state index in [0.29, 0.717) is 18.9 Å². The van der Waals surface area contributed by atoms with Crippen molar-refractivity contribution >= 4 is 5.91 Å². The zero-order valence-electron chi connectivity index (χ0n) is 19.0. The minimum atomic E-state index is -0.174. The minimum Gasteiger partial charge on any atom is -0.343 e. The molecule has 0 aliphatic carbocycles. The second-order valence-electron chi connectivity index (χ2n) is 8.84. The van der Waals surface area contributed by atoms with Gasteiger partial charge in [0.05, 0.1) is 12.2 Å². The Morgan fingerprint density at radius 1 is 0.969 bits per heavy atom. The van der Waals surface area contributed by atoms with E-state index in [4.69, 9.17) is 0 Å². The van der Waals surface area contributed by atoms with Gasteiger partial charge >= 0.3 is 0 Å². The molecule has 2 aromatic carbocycles. The number of amides is 1. The minimum absolute atomic E-state index is 0.105. The molecule has 0 N–H and O–H groups in total. The lowest BCUT2D eigenvalue weighted by molar-refractivity contribution is -0.132. The second kappa shape index (κ2) is 9.94. The number of aryl methyl sites for hydroxylation is 3. The number of piperidine rings is 1. The monoisotopic (exact) mass is 429 g/mol. The average molecular weight is 430 g/mol. The van der Waals surface area contributed by atoms with Gasteiger partial charge in [-0.1, -0.05) is 42.5 Å². The molecule has 5 heteroatoms. The number of benzene rings is 2. The molecule has 166 valence electrons. The molecule has 0 atom stereocenters. The van der Waals surface area contributed by atoms with Crippen molar-refractivity contribution in [3.05, 3.63) is 87.7 Å². The number of aromatic nitrogens is 2. The van der Waals surface area contributed by atoms with Gasteiger partial charge in [0.25, 0.3) is 5.56 Å². The third-order valence-electron chi connectivity index (χ3n) is 6.54. The van der Waals surface area contributed by atoms with Crippen molar-refractivity contribution in [3.63, 3.8) is 0 Å². The molecule has 0 radical (unpaired) electrons. The molecule has 4 rings (SSSR count). The van der Waals surface area contributed by atoms with Crippen molar-refractivity contribution in [2.75, 3.05) is 13.1 Å². The fourth-order valence-electron chi connectivity index (χ4n) is 4.36. The summed E-state index contributed by atoms with van der Waals surface area (Å²) in [6.45, 7) is 6.03. The maximum atomic E-state index is 12.8. The number of hydrogen-bond donors (Lipinski definition) is 0. The highest BCUT2D eigenvalue weighted by Crippen LogP contribution is 2.22. The number of nitrogens with zero attached hydrogens (tertiary/aromatic N) is 3. The fraction of sp³-hybridized carbons (Fsp3) is 0.370. The van der Waals surface area contributed by atoms with Gasteiger partial charge in [-0.2, -0.15) is 5.10 Å². The molecule has 3 aromatic rings. The lowest BCUT2D eigenvalue weighted by atomic mass is 9.90. The topological polar surface area (TPSA) is 55.2 Å². The molecule has 32 heavy (non-hydrogen) atoms. The molecule has 5 nitrogen and oxygen atoms in total. The van der Waals surface area contributed by atoms with E-state index < -0.39 is 0 Å². The van der Waals surface area contributed by atoms with Gasteiger partial charge in [0, 0.05) is 31.1 Å². The highest BCUT2D eigenvalue weighted by molar-refractivity contribution is 5.76. The van der Waals surface area contributed by atoms with Crippen LogP contribution in [0.25, 0.3) is 11.3 Å². The average Bonchev–Trinajstić information content (AvgIpc) is 2.81. The summed E-state index contributed by atoms with van der Waals surface area (Å²) in [6, 6.07) is 20.0. The van der Waals surface area contributed by atoms with Crippen molar-refractivity contribution in [1.82, 2.24) is 14.7 Å². The van der Waals surface area contributed by atoms with Gasteiger partial charge in [-0.05, 0) is 67.9 Å². The van der Waals surface area contributed by atoms with Crippen LogP contribution >= 0.6 is 0 Å². The molecule has 1 aliphatic rings. The molecule has 1 fully saturated rings. The number of hydrogen-bond acceptors (Lipinski definition) is 3. The number of likely N-dealkylation sites (tertiary alicyclic amines) is 1. The van der Waals surface area contributed by atoms with Gasteiger partial charge in [0.1, 0.15) is 0 Å². The van der Waals surface area contributed by atoms with Crippen LogP contribution in [0.2, 0.25) is 0 Å². The standard InChI is InChI=1S/C27H31N3O2/c1-20-8-9-24(18-21(20)2)25-10-11-27(32)30(28-25)17-14-26(31)29-15-12-23(13-16-29)19-22-6-4-3-5-7-22/h3-11,18,23H,12-17,19H2,1-2H3. The van der Waals surface area contributed by atoms with E-state index in [1.54, 1.807) is 6.07 Å². The van der Waals surface area contributed by atoms with E-state index in [2.05, 4.69) is 55.3 Å². The SMILES string of the molecule is Cc1ccc(-c2ccc(=O)n(CCC(=O)N3CCC(Cc4ccccc4)CC3)n2)cc1C. The largest absolute Gasteiger partial charge is 0.343 e. The first-order valence-electron chi connectivity index (χ1n) is 11.5. The third-order valence-corrected chi connectivity index (χ3v) is 6.54. The Hall–Kier alpha value is -3.21. The Labute approximate surface area is 189 Å². The van der Waals surface area contributed by atoms with Crippen molar-refractivity contribution in [1.29, 1.82) is 0 Å². The van der Waals surface area contributed by atoms with Gasteiger partial charge in [-0.15, -0.1) is 0 Å². The van der Waals surface area contributed by atoms with Crippen LogP contribution in [0.3, 0.4) is 0 Å². The van der Waals surface area contributed by atoms with Crippen LogP contribution in [0.15, 0.2) is 65.5 Å². The van der Waals surface area contributed by atoms with Gasteiger partial charge in [-0.25, -0.2) is 4.68 Å². The summed E-state index contributed by atoms with van der Waals surface area (Å²) in [4.78, 5) is 27.0. The zero-order valence-corrected chi connectivity index (χ0v) is 19.0. The zero-order chi connectivity index (χ0) is 22.5. The Morgan fingerprint density at radius 3 is 2.44 bits per heavy atom. The Bertz CT molecular complexity index is 1130. The summed E-state index contributed by atoms with van der Waals surface area (Å²) in [7, 11) is 0. The maximum absolute atomic E-state index is 12.8. The van der Waals surface area contributed by atoms with E-state index in [1.165, 1.54) is 27.4 Å². The molecule has 0 saturated carbocycles. The fourth-order valence-corrected chi connectivity index (χ4v) is 4.36. The van der Waals surface area contributed by atoms with E-state index in [0.717, 1.165) is 43.6 Å². The van der Waals surface area contributed by atoms with E-state index in [1.807, 2.05) is 17.0 Å². The first-order valence-corrected chi connectivity index (χ1v) is 11.5. The van der Waals surface area contributed by atoms with Gasteiger partial charge in [-0.3, -0.25) is 9.59 Å². The van der Waals surface area contributed by atoms with Crippen molar-refractivity contribution in [2.45, 2.75) is 46.1 Å². The molecule has 1 saturated heterocycles. The highest BCUT2D eigenvalue weighted by atomic mass is 16.2. The first-order chi connectivity index (χ1) is 15.5. The van der Waals surface area contributed by atoms with Gasteiger partial charge < -0.3 is 4.90 Å². The summed E-state index contributed by atoms with van der Waals surface area (Å²) in [6.07, 6.45) is 3.43. The lowest BCUT2D eigenvalue weighted by Gasteiger charge is -2.32. The number of carbonyl (C=O) groups is 1. The lowest BCUT2D eigenvalue weighted by Crippen LogP contribution is -2.39. The summed E-state index contributed by atoms with van der Waals surface area (Å²) >= 11 is 0.